The van der Waals surface area contributed by atoms with Gasteiger partial charge in [0.1, 0.15) is 0 Å². The lowest BCUT2D eigenvalue weighted by Crippen LogP contribution is -2.38. The molecule has 0 radical (unpaired) electrons. The zero-order valence-corrected chi connectivity index (χ0v) is 12.3. The van der Waals surface area contributed by atoms with Gasteiger partial charge in [-0.05, 0) is 38.1 Å². The maximum Gasteiger partial charge on any atom is 0.241 e. The molecule has 0 spiro atoms. The molecule has 2 bridgehead atoms. The van der Waals surface area contributed by atoms with Crippen LogP contribution >= 0.6 is 0 Å². The summed E-state index contributed by atoms with van der Waals surface area (Å²) in [6.45, 7) is 3.33. The van der Waals surface area contributed by atoms with Crippen LogP contribution in [-0.4, -0.2) is 29.3 Å². The quantitative estimate of drug-likeness (QED) is 0.474. The highest BCUT2D eigenvalue weighted by Crippen LogP contribution is 2.52. The van der Waals surface area contributed by atoms with Gasteiger partial charge in [0.25, 0.3) is 0 Å². The molecule has 0 saturated carbocycles. The molecule has 0 N–H and O–H groups in total. The van der Waals surface area contributed by atoms with Crippen molar-refractivity contribution in [1.29, 1.82) is 0 Å². The molecule has 5 nitrogen and oxygen atoms in total. The first-order valence-electron chi connectivity index (χ1n) is 7.28. The van der Waals surface area contributed by atoms with Crippen LogP contribution in [0.2, 0.25) is 0 Å². The van der Waals surface area contributed by atoms with Crippen molar-refractivity contribution in [2.75, 3.05) is 4.90 Å². The Labute approximate surface area is 127 Å². The van der Waals surface area contributed by atoms with Gasteiger partial charge in [0, 0.05) is 5.56 Å². The summed E-state index contributed by atoms with van der Waals surface area (Å²) in [5.74, 6) is -1.38. The molecule has 4 rings (SSSR count). The van der Waals surface area contributed by atoms with Crippen molar-refractivity contribution < 1.29 is 19.1 Å². The molecule has 2 amide bonds. The number of anilines is 1. The zero-order chi connectivity index (χ0) is 15.6. The highest BCUT2D eigenvalue weighted by atomic mass is 16.5. The number of nitrogens with zero attached hydrogens (tertiary/aromatic N) is 1. The number of carbonyl (C=O) groups excluding carboxylic acids is 3. The molecule has 2 saturated heterocycles. The predicted molar refractivity (Wildman–Crippen MR) is 78.3 cm³/mol. The zero-order valence-electron chi connectivity index (χ0n) is 12.3. The number of ether oxygens (including phenoxy) is 1. The summed E-state index contributed by atoms with van der Waals surface area (Å²) in [6, 6.07) is 6.56. The van der Waals surface area contributed by atoms with E-state index in [0.717, 1.165) is 0 Å². The molecule has 5 heteroatoms. The fourth-order valence-corrected chi connectivity index (χ4v) is 3.75. The lowest BCUT2D eigenvalue weighted by atomic mass is 9.78. The van der Waals surface area contributed by atoms with E-state index in [-0.39, 0.29) is 23.7 Å². The van der Waals surface area contributed by atoms with Crippen LogP contribution < -0.4 is 4.90 Å². The first kappa shape index (κ1) is 13.4. The molecule has 1 aromatic carbocycles. The Bertz CT molecular complexity index is 736. The van der Waals surface area contributed by atoms with Crippen molar-refractivity contribution in [2.24, 2.45) is 11.8 Å². The van der Waals surface area contributed by atoms with Gasteiger partial charge >= 0.3 is 0 Å². The van der Waals surface area contributed by atoms with Gasteiger partial charge in [0.2, 0.25) is 11.8 Å². The van der Waals surface area contributed by atoms with Crippen LogP contribution in [0.1, 0.15) is 24.2 Å². The summed E-state index contributed by atoms with van der Waals surface area (Å²) in [4.78, 5) is 38.0. The third-order valence-corrected chi connectivity index (χ3v) is 4.86. The molecule has 3 aliphatic rings. The molecule has 3 aliphatic heterocycles. The van der Waals surface area contributed by atoms with Crippen molar-refractivity contribution in [3.05, 3.63) is 42.0 Å². The number of hydrogen-bond donors (Lipinski definition) is 0. The van der Waals surface area contributed by atoms with Crippen LogP contribution in [0.15, 0.2) is 36.4 Å². The average Bonchev–Trinajstić information content (AvgIpc) is 3.08. The molecule has 3 heterocycles. The third kappa shape index (κ3) is 1.54. The number of Topliss-reactive ketones (excluding diaryl/α,β-unsaturated/α-hetero) is 1. The van der Waals surface area contributed by atoms with Gasteiger partial charge in [-0.2, -0.15) is 0 Å². The molecule has 4 atom stereocenters. The van der Waals surface area contributed by atoms with E-state index in [1.54, 1.807) is 24.3 Å². The summed E-state index contributed by atoms with van der Waals surface area (Å²) in [6.07, 6.45) is 3.44. The monoisotopic (exact) mass is 297 g/mol. The van der Waals surface area contributed by atoms with E-state index in [0.29, 0.717) is 11.3 Å². The van der Waals surface area contributed by atoms with Crippen molar-refractivity contribution in [1.82, 2.24) is 0 Å². The number of benzene rings is 1. The summed E-state index contributed by atoms with van der Waals surface area (Å²) >= 11 is 0. The van der Waals surface area contributed by atoms with Crippen molar-refractivity contribution in [3.63, 3.8) is 0 Å². The molecule has 0 unspecified atom stereocenters. The maximum atomic E-state index is 12.7. The van der Waals surface area contributed by atoms with E-state index in [2.05, 4.69) is 0 Å². The Morgan fingerprint density at radius 2 is 1.86 bits per heavy atom. The fraction of sp³-hybridized carbons (Fsp3) is 0.353. The second-order valence-electron chi connectivity index (χ2n) is 6.24. The van der Waals surface area contributed by atoms with Crippen LogP contribution in [0.4, 0.5) is 5.69 Å². The number of ketones is 1. The smallest absolute Gasteiger partial charge is 0.241 e. The minimum Gasteiger partial charge on any atom is -0.362 e. The largest absolute Gasteiger partial charge is 0.362 e. The van der Waals surface area contributed by atoms with Crippen LogP contribution in [0.5, 0.6) is 0 Å². The molecule has 2 fully saturated rings. The Hall–Kier alpha value is -2.27. The number of rotatable bonds is 2. The van der Waals surface area contributed by atoms with Crippen molar-refractivity contribution in [2.45, 2.75) is 25.6 Å². The molecule has 22 heavy (non-hydrogen) atoms. The molecule has 1 aromatic rings. The fourth-order valence-electron chi connectivity index (χ4n) is 3.75. The number of amides is 2. The van der Waals surface area contributed by atoms with E-state index in [4.69, 9.17) is 4.74 Å². The van der Waals surface area contributed by atoms with Crippen LogP contribution in [0, 0.1) is 11.8 Å². The lowest BCUT2D eigenvalue weighted by Gasteiger charge is -2.24. The highest BCUT2D eigenvalue weighted by molar-refractivity contribution is 6.23. The van der Waals surface area contributed by atoms with Gasteiger partial charge in [-0.25, -0.2) is 4.90 Å². The normalized spacial score (nSPS) is 35.4. The Morgan fingerprint density at radius 3 is 2.45 bits per heavy atom. The first-order valence-corrected chi connectivity index (χ1v) is 7.28. The minimum absolute atomic E-state index is 0.0503. The second kappa shape index (κ2) is 4.14. The van der Waals surface area contributed by atoms with Crippen LogP contribution in [-0.2, 0) is 14.3 Å². The molecular formula is C17H15NO4. The second-order valence-corrected chi connectivity index (χ2v) is 6.24. The summed E-state index contributed by atoms with van der Waals surface area (Å²) in [5, 5.41) is 0. The highest BCUT2D eigenvalue weighted by Gasteiger charge is 2.65. The third-order valence-electron chi connectivity index (χ3n) is 4.86. The molecule has 112 valence electrons. The Morgan fingerprint density at radius 1 is 1.18 bits per heavy atom. The van der Waals surface area contributed by atoms with E-state index >= 15 is 0 Å². The minimum atomic E-state index is -0.684. The Kier molecular flexibility index (Phi) is 2.52. The van der Waals surface area contributed by atoms with Gasteiger partial charge in [0.05, 0.1) is 29.2 Å². The molecule has 0 aliphatic carbocycles. The van der Waals surface area contributed by atoms with Gasteiger partial charge in [0.15, 0.2) is 5.78 Å². The van der Waals surface area contributed by atoms with Crippen molar-refractivity contribution >= 4 is 23.3 Å². The summed E-state index contributed by atoms with van der Waals surface area (Å²) in [7, 11) is 0. The first-order chi connectivity index (χ1) is 10.4. The van der Waals surface area contributed by atoms with Crippen LogP contribution in [0.3, 0.4) is 0 Å². The SMILES string of the molecule is CC(=O)c1ccc(N2C(=O)[C@H]3[C@@H]4C=C[C@@](C)(O4)[C@@H]3C2=O)cc1. The van der Waals surface area contributed by atoms with Gasteiger partial charge in [-0.1, -0.05) is 12.2 Å². The van der Waals surface area contributed by atoms with Gasteiger partial charge in [-0.3, -0.25) is 14.4 Å². The lowest BCUT2D eigenvalue weighted by molar-refractivity contribution is -0.126. The standard InChI is InChI=1S/C17H15NO4/c1-9(19)10-3-5-11(6-4-10)18-15(20)13-12-7-8-17(2,22-12)14(13)16(18)21/h3-8,12-14H,1-2H3/t12-,13-,14-,17+/m0/s1. The predicted octanol–water partition coefficient (Wildman–Crippen LogP) is 1.72. The summed E-state index contributed by atoms with van der Waals surface area (Å²) in [5.41, 5.74) is 0.383. The number of fused-ring (bicyclic) bond motifs is 5. The van der Waals surface area contributed by atoms with E-state index in [9.17, 15) is 14.4 Å². The van der Waals surface area contributed by atoms with Gasteiger partial charge in [-0.15, -0.1) is 0 Å². The van der Waals surface area contributed by atoms with E-state index < -0.39 is 17.4 Å². The molecule has 0 aromatic heterocycles. The number of hydrogen-bond acceptors (Lipinski definition) is 4. The maximum absolute atomic E-state index is 12.7. The topological polar surface area (TPSA) is 63.7 Å². The Balaban J connectivity index is 1.71. The average molecular weight is 297 g/mol. The van der Waals surface area contributed by atoms with Gasteiger partial charge < -0.3 is 4.74 Å². The van der Waals surface area contributed by atoms with Crippen molar-refractivity contribution in [3.8, 4) is 0 Å². The summed E-state index contributed by atoms with van der Waals surface area (Å²) < 4.78 is 5.78. The van der Waals surface area contributed by atoms with E-state index in [1.165, 1.54) is 11.8 Å². The molecular weight excluding hydrogens is 282 g/mol. The number of carbonyl (C=O) groups is 3. The number of imide groups is 1. The van der Waals surface area contributed by atoms with Crippen LogP contribution in [0.25, 0.3) is 0 Å². The van der Waals surface area contributed by atoms with E-state index in [1.807, 2.05) is 19.1 Å².